The van der Waals surface area contributed by atoms with Crippen molar-refractivity contribution in [1.29, 1.82) is 0 Å². The SMILES string of the molecule is CCc1ccccc1NC(=O)C[NH+]1CCN(C(=O)/C=C/c2ccccc2Cl)CC1. The van der Waals surface area contributed by atoms with Gasteiger partial charge in [-0.3, -0.25) is 9.59 Å². The first-order chi connectivity index (χ1) is 14.1. The molecule has 2 aromatic carbocycles. The van der Waals surface area contributed by atoms with Crippen LogP contribution in [0.2, 0.25) is 5.02 Å². The summed E-state index contributed by atoms with van der Waals surface area (Å²) in [5.74, 6) is -0.00964. The molecular weight excluding hydrogens is 386 g/mol. The molecule has 1 saturated heterocycles. The third-order valence-electron chi connectivity index (χ3n) is 5.18. The van der Waals surface area contributed by atoms with Crippen molar-refractivity contribution in [3.05, 3.63) is 70.8 Å². The number of carbonyl (C=O) groups is 2. The lowest BCUT2D eigenvalue weighted by Crippen LogP contribution is -3.15. The number of benzene rings is 2. The Labute approximate surface area is 177 Å². The summed E-state index contributed by atoms with van der Waals surface area (Å²) >= 11 is 6.12. The summed E-state index contributed by atoms with van der Waals surface area (Å²) < 4.78 is 0. The molecule has 2 amide bonds. The largest absolute Gasteiger partial charge is 0.328 e. The van der Waals surface area contributed by atoms with Crippen LogP contribution in [0.1, 0.15) is 18.1 Å². The van der Waals surface area contributed by atoms with Gasteiger partial charge in [0.05, 0.1) is 26.2 Å². The Kier molecular flexibility index (Phi) is 7.44. The zero-order valence-electron chi connectivity index (χ0n) is 16.7. The Morgan fingerprint density at radius 3 is 2.52 bits per heavy atom. The third-order valence-corrected chi connectivity index (χ3v) is 5.52. The van der Waals surface area contributed by atoms with Gasteiger partial charge in [-0.15, -0.1) is 0 Å². The molecular formula is C23H27ClN3O2+. The van der Waals surface area contributed by atoms with E-state index in [2.05, 4.69) is 12.2 Å². The minimum absolute atomic E-state index is 0.0132. The van der Waals surface area contributed by atoms with Crippen molar-refractivity contribution in [2.75, 3.05) is 38.0 Å². The lowest BCUT2D eigenvalue weighted by atomic mass is 10.1. The summed E-state index contributed by atoms with van der Waals surface area (Å²) in [6, 6.07) is 15.3. The van der Waals surface area contributed by atoms with Crippen LogP contribution >= 0.6 is 11.6 Å². The fourth-order valence-electron chi connectivity index (χ4n) is 3.47. The van der Waals surface area contributed by atoms with E-state index in [1.807, 2.05) is 47.4 Å². The number of para-hydroxylation sites is 1. The number of hydrogen-bond acceptors (Lipinski definition) is 2. The average Bonchev–Trinajstić information content (AvgIpc) is 2.74. The smallest absolute Gasteiger partial charge is 0.279 e. The quantitative estimate of drug-likeness (QED) is 0.715. The zero-order valence-corrected chi connectivity index (χ0v) is 17.4. The van der Waals surface area contributed by atoms with E-state index in [0.29, 0.717) is 24.7 Å². The van der Waals surface area contributed by atoms with Crippen molar-refractivity contribution in [3.8, 4) is 0 Å². The number of nitrogens with zero attached hydrogens (tertiary/aromatic N) is 1. The highest BCUT2D eigenvalue weighted by Crippen LogP contribution is 2.16. The maximum Gasteiger partial charge on any atom is 0.279 e. The van der Waals surface area contributed by atoms with Crippen LogP contribution in [-0.2, 0) is 16.0 Å². The molecule has 0 bridgehead atoms. The number of rotatable bonds is 6. The molecule has 0 aromatic heterocycles. The summed E-state index contributed by atoms with van der Waals surface area (Å²) in [5, 5.41) is 3.65. The molecule has 1 aliphatic heterocycles. The normalized spacial score (nSPS) is 14.9. The summed E-state index contributed by atoms with van der Waals surface area (Å²) in [5.41, 5.74) is 2.85. The maximum absolute atomic E-state index is 12.4. The molecule has 1 heterocycles. The molecule has 0 aliphatic carbocycles. The van der Waals surface area contributed by atoms with Gasteiger partial charge >= 0.3 is 0 Å². The van der Waals surface area contributed by atoms with Crippen molar-refractivity contribution < 1.29 is 14.5 Å². The first-order valence-corrected chi connectivity index (χ1v) is 10.4. The maximum atomic E-state index is 12.4. The summed E-state index contributed by atoms with van der Waals surface area (Å²) in [6.45, 7) is 5.28. The summed E-state index contributed by atoms with van der Waals surface area (Å²) in [6.07, 6.45) is 4.20. The molecule has 0 radical (unpaired) electrons. The van der Waals surface area contributed by atoms with Crippen LogP contribution in [0.5, 0.6) is 0 Å². The van der Waals surface area contributed by atoms with Crippen LogP contribution in [0.4, 0.5) is 5.69 Å². The van der Waals surface area contributed by atoms with Gasteiger partial charge in [0.15, 0.2) is 6.54 Å². The molecule has 152 valence electrons. The highest BCUT2D eigenvalue weighted by atomic mass is 35.5. The van der Waals surface area contributed by atoms with Gasteiger partial charge in [-0.25, -0.2) is 0 Å². The Morgan fingerprint density at radius 1 is 1.10 bits per heavy atom. The van der Waals surface area contributed by atoms with Crippen molar-refractivity contribution in [2.24, 2.45) is 0 Å². The minimum atomic E-state index is -0.0229. The lowest BCUT2D eigenvalue weighted by Gasteiger charge is -2.31. The number of halogens is 1. The lowest BCUT2D eigenvalue weighted by molar-refractivity contribution is -0.895. The molecule has 0 unspecified atom stereocenters. The monoisotopic (exact) mass is 412 g/mol. The molecule has 0 atom stereocenters. The van der Waals surface area contributed by atoms with Crippen LogP contribution in [0.25, 0.3) is 6.08 Å². The number of nitrogens with one attached hydrogen (secondary N) is 2. The molecule has 2 aromatic rings. The second-order valence-electron chi connectivity index (χ2n) is 7.17. The van der Waals surface area contributed by atoms with E-state index in [4.69, 9.17) is 11.6 Å². The van der Waals surface area contributed by atoms with E-state index >= 15 is 0 Å². The molecule has 0 spiro atoms. The first kappa shape index (κ1) is 21.1. The summed E-state index contributed by atoms with van der Waals surface area (Å²) in [4.78, 5) is 27.9. The average molecular weight is 413 g/mol. The molecule has 6 heteroatoms. The van der Waals surface area contributed by atoms with Crippen LogP contribution in [-0.4, -0.2) is 49.4 Å². The fourth-order valence-corrected chi connectivity index (χ4v) is 3.67. The first-order valence-electron chi connectivity index (χ1n) is 9.99. The zero-order chi connectivity index (χ0) is 20.6. The Balaban J connectivity index is 1.47. The molecule has 1 fully saturated rings. The van der Waals surface area contributed by atoms with Crippen molar-refractivity contribution in [1.82, 2.24) is 4.90 Å². The molecule has 2 N–H and O–H groups in total. The summed E-state index contributed by atoms with van der Waals surface area (Å²) in [7, 11) is 0. The standard InChI is InChI=1S/C23H26ClN3O2/c1-2-18-7-4-6-10-21(18)25-22(28)17-26-13-15-27(16-14-26)23(29)12-11-19-8-3-5-9-20(19)24/h3-12H,2,13-17H2,1H3,(H,25,28)/p+1/b12-11+. The van der Waals surface area contributed by atoms with Crippen molar-refractivity contribution in [3.63, 3.8) is 0 Å². The van der Waals surface area contributed by atoms with Gasteiger partial charge in [-0.05, 0) is 35.8 Å². The fraction of sp³-hybridized carbons (Fsp3) is 0.304. The van der Waals surface area contributed by atoms with E-state index in [1.54, 1.807) is 18.2 Å². The van der Waals surface area contributed by atoms with Crippen LogP contribution in [0, 0.1) is 0 Å². The molecule has 29 heavy (non-hydrogen) atoms. The topological polar surface area (TPSA) is 53.9 Å². The van der Waals surface area contributed by atoms with Gasteiger partial charge in [-0.2, -0.15) is 0 Å². The van der Waals surface area contributed by atoms with Gasteiger partial charge in [-0.1, -0.05) is 54.9 Å². The van der Waals surface area contributed by atoms with Gasteiger partial charge in [0.2, 0.25) is 5.91 Å². The van der Waals surface area contributed by atoms with E-state index in [0.717, 1.165) is 36.3 Å². The molecule has 5 nitrogen and oxygen atoms in total. The number of amides is 2. The van der Waals surface area contributed by atoms with E-state index in [1.165, 1.54) is 4.90 Å². The molecule has 0 saturated carbocycles. The Bertz CT molecular complexity index is 889. The Hall–Kier alpha value is -2.63. The number of aryl methyl sites for hydroxylation is 1. The van der Waals surface area contributed by atoms with Gasteiger partial charge in [0.25, 0.3) is 5.91 Å². The van der Waals surface area contributed by atoms with Crippen LogP contribution < -0.4 is 10.2 Å². The minimum Gasteiger partial charge on any atom is -0.328 e. The second-order valence-corrected chi connectivity index (χ2v) is 7.57. The Morgan fingerprint density at radius 2 is 1.79 bits per heavy atom. The second kappa shape index (κ2) is 10.2. The van der Waals surface area contributed by atoms with Crippen molar-refractivity contribution >= 4 is 35.2 Å². The van der Waals surface area contributed by atoms with E-state index in [9.17, 15) is 9.59 Å². The predicted molar refractivity (Wildman–Crippen MR) is 117 cm³/mol. The van der Waals surface area contributed by atoms with Crippen LogP contribution in [0.15, 0.2) is 54.6 Å². The number of anilines is 1. The van der Waals surface area contributed by atoms with E-state index < -0.39 is 0 Å². The van der Waals surface area contributed by atoms with Crippen LogP contribution in [0.3, 0.4) is 0 Å². The number of quaternary nitrogens is 1. The highest BCUT2D eigenvalue weighted by Gasteiger charge is 2.24. The third kappa shape index (κ3) is 5.92. The molecule has 1 aliphatic rings. The highest BCUT2D eigenvalue weighted by molar-refractivity contribution is 6.32. The van der Waals surface area contributed by atoms with Crippen molar-refractivity contribution in [2.45, 2.75) is 13.3 Å². The number of carbonyl (C=O) groups excluding carboxylic acids is 2. The predicted octanol–water partition coefficient (Wildman–Crippen LogP) is 2.28. The number of piperazine rings is 1. The van der Waals surface area contributed by atoms with Gasteiger partial charge in [0.1, 0.15) is 0 Å². The molecule has 3 rings (SSSR count). The van der Waals surface area contributed by atoms with E-state index in [-0.39, 0.29) is 11.8 Å². The van der Waals surface area contributed by atoms with Gasteiger partial charge < -0.3 is 15.1 Å². The number of hydrogen-bond donors (Lipinski definition) is 2. The van der Waals surface area contributed by atoms with Gasteiger partial charge in [0, 0.05) is 16.8 Å².